The van der Waals surface area contributed by atoms with Crippen molar-refractivity contribution < 1.29 is 13.2 Å². The Labute approximate surface area is 104 Å². The number of anilines is 1. The number of thiocarbonyl (C=S) groups is 1. The van der Waals surface area contributed by atoms with Gasteiger partial charge in [-0.25, -0.2) is 0 Å². The van der Waals surface area contributed by atoms with Crippen LogP contribution in [-0.4, -0.2) is 12.2 Å². The Bertz CT molecular complexity index is 406. The Hall–Kier alpha value is -0.820. The number of benzene rings is 1. The number of rotatable bonds is 1. The van der Waals surface area contributed by atoms with Crippen LogP contribution in [0.4, 0.5) is 18.9 Å². The van der Waals surface area contributed by atoms with Crippen molar-refractivity contribution in [3.05, 3.63) is 28.2 Å². The summed E-state index contributed by atoms with van der Waals surface area (Å²) < 4.78 is 37.7. The Morgan fingerprint density at radius 1 is 1.31 bits per heavy atom. The Balaban J connectivity index is 3.04. The topological polar surface area (TPSA) is 24.1 Å². The first kappa shape index (κ1) is 13.2. The average molecular weight is 313 g/mol. The van der Waals surface area contributed by atoms with Crippen LogP contribution in [0, 0.1) is 0 Å². The van der Waals surface area contributed by atoms with Crippen LogP contribution in [0.3, 0.4) is 0 Å². The van der Waals surface area contributed by atoms with E-state index in [9.17, 15) is 13.2 Å². The summed E-state index contributed by atoms with van der Waals surface area (Å²) in [5, 5.41) is 5.51. The van der Waals surface area contributed by atoms with Crippen LogP contribution in [0.5, 0.6) is 0 Å². The van der Waals surface area contributed by atoms with E-state index < -0.39 is 11.7 Å². The summed E-state index contributed by atoms with van der Waals surface area (Å²) in [5.74, 6) is 0. The number of nitrogens with one attached hydrogen (secondary N) is 2. The van der Waals surface area contributed by atoms with E-state index in [-0.39, 0.29) is 10.8 Å². The molecule has 0 aliphatic carbocycles. The SMILES string of the molecule is CNC(=S)Nc1cc(Br)cc(C(F)(F)F)c1. The maximum absolute atomic E-state index is 12.5. The quantitative estimate of drug-likeness (QED) is 0.777. The van der Waals surface area contributed by atoms with Crippen LogP contribution in [0.25, 0.3) is 0 Å². The monoisotopic (exact) mass is 312 g/mol. The summed E-state index contributed by atoms with van der Waals surface area (Å²) in [6.45, 7) is 0. The van der Waals surface area contributed by atoms with Crippen molar-refractivity contribution >= 4 is 38.9 Å². The molecule has 0 saturated heterocycles. The maximum atomic E-state index is 12.5. The molecule has 0 bridgehead atoms. The van der Waals surface area contributed by atoms with Gasteiger partial charge in [0.15, 0.2) is 5.11 Å². The van der Waals surface area contributed by atoms with Gasteiger partial charge in [-0.3, -0.25) is 0 Å². The fraction of sp³-hybridized carbons (Fsp3) is 0.222. The van der Waals surface area contributed by atoms with E-state index in [1.165, 1.54) is 6.07 Å². The molecule has 0 aliphatic heterocycles. The summed E-state index contributed by atoms with van der Waals surface area (Å²) in [7, 11) is 1.58. The van der Waals surface area contributed by atoms with E-state index in [0.717, 1.165) is 12.1 Å². The van der Waals surface area contributed by atoms with Crippen LogP contribution >= 0.6 is 28.1 Å². The molecule has 0 radical (unpaired) electrons. The summed E-state index contributed by atoms with van der Waals surface area (Å²) in [6, 6.07) is 3.51. The van der Waals surface area contributed by atoms with Gasteiger partial charge in [-0.1, -0.05) is 15.9 Å². The van der Waals surface area contributed by atoms with Crippen LogP contribution < -0.4 is 10.6 Å². The molecule has 0 aliphatic rings. The third kappa shape index (κ3) is 3.64. The van der Waals surface area contributed by atoms with Gasteiger partial charge in [0, 0.05) is 17.2 Å². The lowest BCUT2D eigenvalue weighted by Crippen LogP contribution is -2.24. The van der Waals surface area contributed by atoms with Crippen molar-refractivity contribution in [2.45, 2.75) is 6.18 Å². The Morgan fingerprint density at radius 2 is 1.94 bits per heavy atom. The highest BCUT2D eigenvalue weighted by molar-refractivity contribution is 9.10. The first-order valence-corrected chi connectivity index (χ1v) is 5.39. The molecule has 0 amide bonds. The second-order valence-electron chi connectivity index (χ2n) is 2.93. The van der Waals surface area contributed by atoms with Gasteiger partial charge in [0.2, 0.25) is 0 Å². The zero-order chi connectivity index (χ0) is 12.3. The van der Waals surface area contributed by atoms with Crippen LogP contribution in [0.15, 0.2) is 22.7 Å². The van der Waals surface area contributed by atoms with Gasteiger partial charge >= 0.3 is 6.18 Å². The number of hydrogen-bond donors (Lipinski definition) is 2. The van der Waals surface area contributed by atoms with Crippen molar-refractivity contribution in [2.75, 3.05) is 12.4 Å². The molecule has 88 valence electrons. The van der Waals surface area contributed by atoms with E-state index >= 15 is 0 Å². The minimum Gasteiger partial charge on any atom is -0.366 e. The van der Waals surface area contributed by atoms with E-state index in [1.54, 1.807) is 7.05 Å². The van der Waals surface area contributed by atoms with Crippen LogP contribution in [-0.2, 0) is 6.18 Å². The van der Waals surface area contributed by atoms with Gasteiger partial charge in [0.05, 0.1) is 5.56 Å². The smallest absolute Gasteiger partial charge is 0.366 e. The van der Waals surface area contributed by atoms with Crippen LogP contribution in [0.1, 0.15) is 5.56 Å². The lowest BCUT2D eigenvalue weighted by atomic mass is 10.2. The summed E-state index contributed by atoms with van der Waals surface area (Å²) >= 11 is 7.81. The Kier molecular flexibility index (Phi) is 4.15. The lowest BCUT2D eigenvalue weighted by molar-refractivity contribution is -0.137. The van der Waals surface area contributed by atoms with Crippen molar-refractivity contribution in [1.29, 1.82) is 0 Å². The van der Waals surface area contributed by atoms with Crippen molar-refractivity contribution in [3.8, 4) is 0 Å². The fourth-order valence-corrected chi connectivity index (χ4v) is 1.63. The zero-order valence-corrected chi connectivity index (χ0v) is 10.6. The lowest BCUT2D eigenvalue weighted by Gasteiger charge is -2.11. The van der Waals surface area contributed by atoms with Crippen molar-refractivity contribution in [3.63, 3.8) is 0 Å². The van der Waals surface area contributed by atoms with E-state index in [4.69, 9.17) is 12.2 Å². The first-order chi connectivity index (χ1) is 7.32. The van der Waals surface area contributed by atoms with Gasteiger partial charge in [-0.05, 0) is 30.4 Å². The highest BCUT2D eigenvalue weighted by Gasteiger charge is 2.31. The van der Waals surface area contributed by atoms with Crippen molar-refractivity contribution in [2.24, 2.45) is 0 Å². The van der Waals surface area contributed by atoms with Gasteiger partial charge in [0.25, 0.3) is 0 Å². The molecular formula is C9H8BrF3N2S. The zero-order valence-electron chi connectivity index (χ0n) is 8.15. The second-order valence-corrected chi connectivity index (χ2v) is 4.25. The van der Waals surface area contributed by atoms with Gasteiger partial charge in [0.1, 0.15) is 0 Å². The molecule has 16 heavy (non-hydrogen) atoms. The van der Waals surface area contributed by atoms with Crippen LogP contribution in [0.2, 0.25) is 0 Å². The number of alkyl halides is 3. The molecule has 1 aromatic carbocycles. The molecule has 0 aromatic heterocycles. The predicted octanol–water partition coefficient (Wildman–Crippen LogP) is 3.38. The molecule has 0 fully saturated rings. The molecule has 7 heteroatoms. The third-order valence-electron chi connectivity index (χ3n) is 1.71. The minimum atomic E-state index is -4.37. The predicted molar refractivity (Wildman–Crippen MR) is 64.4 cm³/mol. The number of hydrogen-bond acceptors (Lipinski definition) is 1. The van der Waals surface area contributed by atoms with E-state index in [1.807, 2.05) is 0 Å². The van der Waals surface area contributed by atoms with Gasteiger partial charge < -0.3 is 10.6 Å². The molecular weight excluding hydrogens is 305 g/mol. The maximum Gasteiger partial charge on any atom is 0.416 e. The number of halogens is 4. The second kappa shape index (κ2) is 5.01. The third-order valence-corrected chi connectivity index (χ3v) is 2.47. The molecule has 1 rings (SSSR count). The molecule has 0 spiro atoms. The highest BCUT2D eigenvalue weighted by Crippen LogP contribution is 2.33. The first-order valence-electron chi connectivity index (χ1n) is 4.19. The summed E-state index contributed by atoms with van der Waals surface area (Å²) in [5.41, 5.74) is -0.454. The van der Waals surface area contributed by atoms with Gasteiger partial charge in [-0.15, -0.1) is 0 Å². The minimum absolute atomic E-state index is 0.256. The molecule has 0 heterocycles. The molecule has 1 aromatic rings. The summed E-state index contributed by atoms with van der Waals surface area (Å²) in [4.78, 5) is 0. The van der Waals surface area contributed by atoms with E-state index in [2.05, 4.69) is 26.6 Å². The molecule has 2 nitrogen and oxygen atoms in total. The largest absolute Gasteiger partial charge is 0.416 e. The standard InChI is InChI=1S/C9H8BrF3N2S/c1-14-8(16)15-7-3-5(9(11,12)13)2-6(10)4-7/h2-4H,1H3,(H2,14,15,16). The van der Waals surface area contributed by atoms with E-state index in [0.29, 0.717) is 4.47 Å². The molecule has 0 unspecified atom stereocenters. The molecule has 2 N–H and O–H groups in total. The molecule has 0 atom stereocenters. The fourth-order valence-electron chi connectivity index (χ4n) is 1.02. The average Bonchev–Trinajstić information content (AvgIpc) is 2.15. The van der Waals surface area contributed by atoms with Crippen molar-refractivity contribution in [1.82, 2.24) is 5.32 Å². The van der Waals surface area contributed by atoms with Gasteiger partial charge in [-0.2, -0.15) is 13.2 Å². The molecule has 0 saturated carbocycles. The Morgan fingerprint density at radius 3 is 2.44 bits per heavy atom. The normalized spacial score (nSPS) is 11.1. The summed E-state index contributed by atoms with van der Waals surface area (Å²) in [6.07, 6.45) is -4.37. The highest BCUT2D eigenvalue weighted by atomic mass is 79.9.